The fourth-order valence-corrected chi connectivity index (χ4v) is 1.08. The van der Waals surface area contributed by atoms with Crippen LogP contribution in [0.25, 0.3) is 0 Å². The van der Waals surface area contributed by atoms with Gasteiger partial charge >= 0.3 is 10.9 Å². The molecule has 0 saturated carbocycles. The number of alkyl halides is 3. The molecule has 0 aliphatic heterocycles. The highest BCUT2D eigenvalue weighted by Crippen LogP contribution is 2.28. The van der Waals surface area contributed by atoms with Gasteiger partial charge in [0.2, 0.25) is 0 Å². The third kappa shape index (κ3) is 5.57. The van der Waals surface area contributed by atoms with Crippen LogP contribution in [-0.2, 0) is 9.69 Å². The van der Waals surface area contributed by atoms with Gasteiger partial charge in [0.1, 0.15) is 5.56 Å². The van der Waals surface area contributed by atoms with E-state index in [-0.39, 0.29) is 11.3 Å². The fraction of sp³-hybridized carbons (Fsp3) is 0.636. The van der Waals surface area contributed by atoms with E-state index in [0.29, 0.717) is 4.68 Å². The van der Waals surface area contributed by atoms with Crippen LogP contribution in [0.15, 0.2) is 6.20 Å². The Kier molecular flexibility index (Phi) is 9.70. The highest BCUT2D eigenvalue weighted by Gasteiger charge is 2.29. The van der Waals surface area contributed by atoms with E-state index < -0.39 is 10.9 Å². The first-order valence-electron chi connectivity index (χ1n) is 5.58. The average Bonchev–Trinajstić information content (AvgIpc) is 2.75. The molecule has 1 aromatic rings. The van der Waals surface area contributed by atoms with Crippen LogP contribution in [0, 0.1) is 6.92 Å². The van der Waals surface area contributed by atoms with E-state index in [1.165, 1.54) is 14.0 Å². The van der Waals surface area contributed by atoms with Gasteiger partial charge in [0, 0.05) is 22.1 Å². The largest absolute Gasteiger partial charge is 0.465 e. The molecule has 0 amide bonds. The molecule has 0 aliphatic carbocycles. The van der Waals surface area contributed by atoms with E-state index in [1.807, 2.05) is 27.7 Å². The highest BCUT2D eigenvalue weighted by molar-refractivity contribution is 9.09. The van der Waals surface area contributed by atoms with Crippen LogP contribution in [0.2, 0.25) is 0 Å². The Labute approximate surface area is 114 Å². The quantitative estimate of drug-likeness (QED) is 0.610. The van der Waals surface area contributed by atoms with Crippen molar-refractivity contribution in [3.8, 4) is 0 Å². The van der Waals surface area contributed by atoms with E-state index in [9.17, 15) is 13.6 Å². The Balaban J connectivity index is 0. The summed E-state index contributed by atoms with van der Waals surface area (Å²) in [6, 6.07) is 0. The van der Waals surface area contributed by atoms with Crippen LogP contribution in [0.1, 0.15) is 43.7 Å². The summed E-state index contributed by atoms with van der Waals surface area (Å²) in [4.78, 5) is 7.74. The van der Waals surface area contributed by atoms with Crippen molar-refractivity contribution < 1.29 is 18.3 Å². The number of aryl methyl sites for hydroxylation is 1. The van der Waals surface area contributed by atoms with Gasteiger partial charge in [-0.3, -0.25) is 0 Å². The van der Waals surface area contributed by atoms with Gasteiger partial charge in [-0.2, -0.15) is 18.6 Å². The van der Waals surface area contributed by atoms with Crippen molar-refractivity contribution in [3.63, 3.8) is 0 Å². The lowest BCUT2D eigenvalue weighted by molar-refractivity contribution is 0.0196. The van der Waals surface area contributed by atoms with E-state index >= 15 is 0 Å². The maximum absolute atomic E-state index is 12.7. The number of carbonyl (C=O) groups excluding carboxylic acids is 1. The van der Waals surface area contributed by atoms with Crippen molar-refractivity contribution in [2.75, 3.05) is 7.11 Å². The standard InChI is InChI=1S/C7H7BrF2N2O2.2C2H6/c1-4-5(6(13)14-2)3-12(11-4)7(8,9)10;2*1-2/h3H,1-2H3;2*1-2H3. The molecule has 0 fully saturated rings. The Morgan fingerprint density at radius 3 is 2.11 bits per heavy atom. The van der Waals surface area contributed by atoms with Crippen molar-refractivity contribution in [1.29, 1.82) is 0 Å². The predicted molar refractivity (Wildman–Crippen MR) is 70.1 cm³/mol. The Bertz CT molecular complexity index is 362. The maximum atomic E-state index is 12.7. The van der Waals surface area contributed by atoms with Crippen molar-refractivity contribution in [3.05, 3.63) is 17.5 Å². The number of aromatic nitrogens is 2. The second-order valence-corrected chi connectivity index (χ2v) is 3.49. The summed E-state index contributed by atoms with van der Waals surface area (Å²) >= 11 is 2.12. The summed E-state index contributed by atoms with van der Waals surface area (Å²) in [6.07, 6.45) is 0.927. The second kappa shape index (κ2) is 9.02. The summed E-state index contributed by atoms with van der Waals surface area (Å²) in [5, 5.41) is 3.47. The number of rotatable bonds is 2. The minimum absolute atomic E-state index is 0.0200. The summed E-state index contributed by atoms with van der Waals surface area (Å²) < 4.78 is 30.1. The number of hydrogen-bond acceptors (Lipinski definition) is 3. The Hall–Kier alpha value is -0.980. The maximum Gasteiger partial charge on any atom is 0.401 e. The number of ether oxygens (including phenoxy) is 1. The molecule has 4 nitrogen and oxygen atoms in total. The number of halogens is 3. The molecule has 0 saturated heterocycles. The first kappa shape index (κ1) is 19.4. The molecule has 0 aliphatic rings. The lowest BCUT2D eigenvalue weighted by Gasteiger charge is -2.06. The van der Waals surface area contributed by atoms with Crippen molar-refractivity contribution in [2.24, 2.45) is 0 Å². The van der Waals surface area contributed by atoms with Crippen LogP contribution < -0.4 is 0 Å². The molecule has 0 unspecified atom stereocenters. The lowest BCUT2D eigenvalue weighted by Crippen LogP contribution is -2.15. The topological polar surface area (TPSA) is 44.1 Å². The van der Waals surface area contributed by atoms with Gasteiger partial charge in [0.05, 0.1) is 12.8 Å². The van der Waals surface area contributed by atoms with Crippen molar-refractivity contribution >= 4 is 21.9 Å². The summed E-state index contributed by atoms with van der Waals surface area (Å²) in [5.74, 6) is -0.689. The van der Waals surface area contributed by atoms with Crippen LogP contribution >= 0.6 is 15.9 Å². The van der Waals surface area contributed by atoms with Gasteiger partial charge in [0.15, 0.2) is 0 Å². The van der Waals surface area contributed by atoms with Gasteiger partial charge < -0.3 is 4.74 Å². The fourth-order valence-electron chi connectivity index (χ4n) is 0.900. The highest BCUT2D eigenvalue weighted by atomic mass is 79.9. The molecule has 0 atom stereocenters. The Morgan fingerprint density at radius 2 is 1.83 bits per heavy atom. The van der Waals surface area contributed by atoms with E-state index in [2.05, 4.69) is 25.8 Å². The van der Waals surface area contributed by atoms with Crippen LogP contribution in [0.3, 0.4) is 0 Å². The van der Waals surface area contributed by atoms with Crippen molar-refractivity contribution in [1.82, 2.24) is 9.78 Å². The van der Waals surface area contributed by atoms with Gasteiger partial charge in [0.25, 0.3) is 0 Å². The normalized spacial score (nSPS) is 9.61. The van der Waals surface area contributed by atoms with Gasteiger partial charge in [-0.1, -0.05) is 27.7 Å². The van der Waals surface area contributed by atoms with E-state index in [1.54, 1.807) is 0 Å². The van der Waals surface area contributed by atoms with Crippen LogP contribution in [-0.4, -0.2) is 22.9 Å². The molecule has 7 heteroatoms. The summed E-state index contributed by atoms with van der Waals surface area (Å²) in [6.45, 7) is 9.45. The zero-order valence-electron chi connectivity index (χ0n) is 11.4. The molecule has 18 heavy (non-hydrogen) atoms. The molecule has 0 spiro atoms. The van der Waals surface area contributed by atoms with Gasteiger partial charge in [-0.15, -0.1) is 0 Å². The molecular weight excluding hydrogens is 310 g/mol. The zero-order valence-corrected chi connectivity index (χ0v) is 13.0. The monoisotopic (exact) mass is 328 g/mol. The third-order valence-electron chi connectivity index (χ3n) is 1.56. The van der Waals surface area contributed by atoms with E-state index in [4.69, 9.17) is 0 Å². The summed E-state index contributed by atoms with van der Waals surface area (Å²) in [7, 11) is 1.17. The van der Waals surface area contributed by atoms with E-state index in [0.717, 1.165) is 6.20 Å². The molecule has 1 aromatic heterocycles. The molecule has 0 aromatic carbocycles. The molecule has 0 radical (unpaired) electrons. The van der Waals surface area contributed by atoms with Crippen LogP contribution in [0.5, 0.6) is 0 Å². The first-order valence-corrected chi connectivity index (χ1v) is 6.37. The minimum atomic E-state index is -3.30. The number of esters is 1. The minimum Gasteiger partial charge on any atom is -0.465 e. The van der Waals surface area contributed by atoms with Gasteiger partial charge in [-0.25, -0.2) is 4.79 Å². The van der Waals surface area contributed by atoms with Crippen molar-refractivity contribution in [2.45, 2.75) is 39.6 Å². The number of methoxy groups -OCH3 is 1. The molecule has 0 bridgehead atoms. The second-order valence-electron chi connectivity index (χ2n) is 2.53. The number of nitrogens with zero attached hydrogens (tertiary/aromatic N) is 2. The summed E-state index contributed by atoms with van der Waals surface area (Å²) in [5.41, 5.74) is 0.211. The predicted octanol–water partition coefficient (Wildman–Crippen LogP) is 3.93. The first-order chi connectivity index (χ1) is 8.36. The number of carbonyl (C=O) groups is 1. The zero-order chi connectivity index (χ0) is 14.9. The SMILES string of the molecule is CC.CC.COC(=O)c1cn(C(F)(F)Br)nc1C. The lowest BCUT2D eigenvalue weighted by atomic mass is 10.3. The number of hydrogen-bond donors (Lipinski definition) is 0. The molecule has 1 rings (SSSR count). The van der Waals surface area contributed by atoms with Crippen LogP contribution in [0.4, 0.5) is 8.78 Å². The average molecular weight is 329 g/mol. The molecule has 0 N–H and O–H groups in total. The van der Waals surface area contributed by atoms with Gasteiger partial charge in [-0.05, 0) is 6.92 Å². The molecule has 106 valence electrons. The Morgan fingerprint density at radius 1 is 1.39 bits per heavy atom. The molecular formula is C11H19BrF2N2O2. The molecule has 1 heterocycles. The third-order valence-corrected chi connectivity index (χ3v) is 1.93. The smallest absolute Gasteiger partial charge is 0.401 e.